The first-order chi connectivity index (χ1) is 7.24. The van der Waals surface area contributed by atoms with E-state index in [0.29, 0.717) is 5.92 Å². The van der Waals surface area contributed by atoms with Crippen LogP contribution in [0.25, 0.3) is 0 Å². The lowest BCUT2D eigenvalue weighted by atomic mass is 10.1. The van der Waals surface area contributed by atoms with Crippen LogP contribution >= 0.6 is 15.9 Å². The summed E-state index contributed by atoms with van der Waals surface area (Å²) in [5, 5.41) is 0. The van der Waals surface area contributed by atoms with Crippen LogP contribution in [-0.4, -0.2) is 36.6 Å². The van der Waals surface area contributed by atoms with Crippen molar-refractivity contribution in [2.45, 2.75) is 6.42 Å². The zero-order valence-corrected chi connectivity index (χ0v) is 10.4. The Kier molecular flexibility index (Phi) is 3.59. The third-order valence-electron chi connectivity index (χ3n) is 2.65. The van der Waals surface area contributed by atoms with Crippen LogP contribution in [0, 0.1) is 5.92 Å². The number of aromatic nitrogens is 1. The minimum Gasteiger partial charge on any atom is -0.492 e. The van der Waals surface area contributed by atoms with Crippen LogP contribution in [0.5, 0.6) is 5.75 Å². The number of pyridine rings is 1. The van der Waals surface area contributed by atoms with Gasteiger partial charge in [0.05, 0.1) is 12.8 Å². The number of nitrogens with zero attached hydrogens (tertiary/aromatic N) is 2. The molecular formula is C11H15BrN2O. The molecule has 0 bridgehead atoms. The van der Waals surface area contributed by atoms with Gasteiger partial charge in [0.15, 0.2) is 0 Å². The Hall–Kier alpha value is -0.610. The second-order valence-corrected chi connectivity index (χ2v) is 4.98. The Morgan fingerprint density at radius 3 is 3.13 bits per heavy atom. The smallest absolute Gasteiger partial charge is 0.138 e. The SMILES string of the molecule is CN1CC[C@H](COc2cncc(Br)c2)C1. The van der Waals surface area contributed by atoms with E-state index in [1.165, 1.54) is 13.0 Å². The Balaban J connectivity index is 1.83. The molecule has 3 nitrogen and oxygen atoms in total. The van der Waals surface area contributed by atoms with Crippen LogP contribution in [-0.2, 0) is 0 Å². The number of likely N-dealkylation sites (tertiary alicyclic amines) is 1. The summed E-state index contributed by atoms with van der Waals surface area (Å²) in [4.78, 5) is 6.40. The number of rotatable bonds is 3. The lowest BCUT2D eigenvalue weighted by Crippen LogP contribution is -2.17. The molecule has 1 aromatic rings. The number of halogens is 1. The molecule has 0 N–H and O–H groups in total. The average molecular weight is 271 g/mol. The summed E-state index contributed by atoms with van der Waals surface area (Å²) in [6.45, 7) is 3.12. The molecule has 0 aromatic carbocycles. The van der Waals surface area contributed by atoms with Crippen molar-refractivity contribution in [2.24, 2.45) is 5.92 Å². The van der Waals surface area contributed by atoms with Crippen LogP contribution in [0.4, 0.5) is 0 Å². The highest BCUT2D eigenvalue weighted by molar-refractivity contribution is 9.10. The molecule has 0 saturated carbocycles. The van der Waals surface area contributed by atoms with Gasteiger partial charge in [-0.2, -0.15) is 0 Å². The van der Waals surface area contributed by atoms with Gasteiger partial charge in [0.2, 0.25) is 0 Å². The molecule has 1 aromatic heterocycles. The fourth-order valence-electron chi connectivity index (χ4n) is 1.85. The van der Waals surface area contributed by atoms with Crippen molar-refractivity contribution in [3.8, 4) is 5.75 Å². The highest BCUT2D eigenvalue weighted by atomic mass is 79.9. The van der Waals surface area contributed by atoms with E-state index in [4.69, 9.17) is 4.74 Å². The second kappa shape index (κ2) is 4.94. The van der Waals surface area contributed by atoms with Crippen LogP contribution in [0.2, 0.25) is 0 Å². The molecule has 1 fully saturated rings. The maximum absolute atomic E-state index is 5.70. The van der Waals surface area contributed by atoms with Gasteiger partial charge < -0.3 is 9.64 Å². The molecule has 0 radical (unpaired) electrons. The van der Waals surface area contributed by atoms with Crippen LogP contribution in [0.3, 0.4) is 0 Å². The third kappa shape index (κ3) is 3.18. The summed E-state index contributed by atoms with van der Waals surface area (Å²) in [6.07, 6.45) is 4.75. The van der Waals surface area contributed by atoms with Crippen LogP contribution in [0.1, 0.15) is 6.42 Å². The molecule has 1 saturated heterocycles. The number of hydrogen-bond acceptors (Lipinski definition) is 3. The highest BCUT2D eigenvalue weighted by Gasteiger charge is 2.19. The lowest BCUT2D eigenvalue weighted by molar-refractivity contribution is 0.248. The molecule has 82 valence electrons. The van der Waals surface area contributed by atoms with E-state index in [1.807, 2.05) is 6.07 Å². The molecule has 1 aliphatic rings. The van der Waals surface area contributed by atoms with E-state index in [-0.39, 0.29) is 0 Å². The summed E-state index contributed by atoms with van der Waals surface area (Å²) >= 11 is 3.37. The Morgan fingerprint density at radius 2 is 2.47 bits per heavy atom. The maximum Gasteiger partial charge on any atom is 0.138 e. The fourth-order valence-corrected chi connectivity index (χ4v) is 2.19. The van der Waals surface area contributed by atoms with Gasteiger partial charge in [-0.3, -0.25) is 4.98 Å². The first kappa shape index (κ1) is 10.9. The van der Waals surface area contributed by atoms with Gasteiger partial charge in [0, 0.05) is 23.1 Å². The van der Waals surface area contributed by atoms with Gasteiger partial charge in [-0.1, -0.05) is 0 Å². The number of ether oxygens (including phenoxy) is 1. The van der Waals surface area contributed by atoms with Gasteiger partial charge in [-0.25, -0.2) is 0 Å². The fraction of sp³-hybridized carbons (Fsp3) is 0.545. The van der Waals surface area contributed by atoms with Crippen molar-refractivity contribution in [1.82, 2.24) is 9.88 Å². The molecule has 0 unspecified atom stereocenters. The van der Waals surface area contributed by atoms with E-state index in [9.17, 15) is 0 Å². The van der Waals surface area contributed by atoms with Crippen molar-refractivity contribution in [1.29, 1.82) is 0 Å². The Morgan fingerprint density at radius 1 is 1.60 bits per heavy atom. The standard InChI is InChI=1S/C11H15BrN2O/c1-14-3-2-9(7-14)8-15-11-4-10(12)5-13-6-11/h4-6,9H,2-3,7-8H2,1H3/t9-/m0/s1. The monoisotopic (exact) mass is 270 g/mol. The van der Waals surface area contributed by atoms with Crippen LogP contribution < -0.4 is 4.74 Å². The summed E-state index contributed by atoms with van der Waals surface area (Å²) in [5.41, 5.74) is 0. The molecule has 1 aliphatic heterocycles. The quantitative estimate of drug-likeness (QED) is 0.842. The maximum atomic E-state index is 5.70. The van der Waals surface area contributed by atoms with Gasteiger partial charge in [-0.15, -0.1) is 0 Å². The second-order valence-electron chi connectivity index (χ2n) is 4.07. The zero-order valence-electron chi connectivity index (χ0n) is 8.82. The third-order valence-corrected chi connectivity index (χ3v) is 3.09. The van der Waals surface area contributed by atoms with Crippen molar-refractivity contribution >= 4 is 15.9 Å². The molecule has 0 aliphatic carbocycles. The van der Waals surface area contributed by atoms with E-state index in [0.717, 1.165) is 23.4 Å². The molecule has 0 amide bonds. The summed E-state index contributed by atoms with van der Waals surface area (Å²) in [5.74, 6) is 1.51. The summed E-state index contributed by atoms with van der Waals surface area (Å²) in [6, 6.07) is 1.95. The predicted octanol–water partition coefficient (Wildman–Crippen LogP) is 2.17. The van der Waals surface area contributed by atoms with E-state index < -0.39 is 0 Å². The molecule has 1 atom stereocenters. The lowest BCUT2D eigenvalue weighted by Gasteiger charge is -2.11. The van der Waals surface area contributed by atoms with Gasteiger partial charge in [0.1, 0.15) is 5.75 Å². The topological polar surface area (TPSA) is 25.4 Å². The van der Waals surface area contributed by atoms with E-state index >= 15 is 0 Å². The Bertz CT molecular complexity index is 332. The van der Waals surface area contributed by atoms with Gasteiger partial charge in [-0.05, 0) is 42.0 Å². The van der Waals surface area contributed by atoms with Crippen molar-refractivity contribution in [3.63, 3.8) is 0 Å². The first-order valence-corrected chi connectivity index (χ1v) is 5.95. The van der Waals surface area contributed by atoms with Crippen molar-refractivity contribution in [3.05, 3.63) is 22.9 Å². The van der Waals surface area contributed by atoms with Crippen molar-refractivity contribution < 1.29 is 4.74 Å². The van der Waals surface area contributed by atoms with E-state index in [1.54, 1.807) is 12.4 Å². The zero-order chi connectivity index (χ0) is 10.7. The molecule has 2 rings (SSSR count). The minimum absolute atomic E-state index is 0.661. The minimum atomic E-state index is 0.661. The Labute approximate surface area is 98.6 Å². The molecule has 0 spiro atoms. The molecular weight excluding hydrogens is 256 g/mol. The highest BCUT2D eigenvalue weighted by Crippen LogP contribution is 2.19. The van der Waals surface area contributed by atoms with Crippen molar-refractivity contribution in [2.75, 3.05) is 26.7 Å². The van der Waals surface area contributed by atoms with Crippen LogP contribution in [0.15, 0.2) is 22.9 Å². The summed E-state index contributed by atoms with van der Waals surface area (Å²) < 4.78 is 6.66. The first-order valence-electron chi connectivity index (χ1n) is 5.16. The summed E-state index contributed by atoms with van der Waals surface area (Å²) in [7, 11) is 2.15. The average Bonchev–Trinajstić information content (AvgIpc) is 2.62. The molecule has 15 heavy (non-hydrogen) atoms. The van der Waals surface area contributed by atoms with Gasteiger partial charge >= 0.3 is 0 Å². The van der Waals surface area contributed by atoms with Gasteiger partial charge in [0.25, 0.3) is 0 Å². The van der Waals surface area contributed by atoms with E-state index in [2.05, 4.69) is 32.9 Å². The largest absolute Gasteiger partial charge is 0.492 e. The predicted molar refractivity (Wildman–Crippen MR) is 63.0 cm³/mol. The number of hydrogen-bond donors (Lipinski definition) is 0. The molecule has 2 heterocycles. The molecule has 4 heteroatoms. The normalized spacial score (nSPS) is 21.9.